The number of hydrogen-bond acceptors (Lipinski definition) is 7. The summed E-state index contributed by atoms with van der Waals surface area (Å²) in [5.41, 5.74) is 13.7. The van der Waals surface area contributed by atoms with Gasteiger partial charge in [-0.05, 0) is 30.9 Å². The Morgan fingerprint density at radius 1 is 1.32 bits per heavy atom. The second kappa shape index (κ2) is 9.19. The van der Waals surface area contributed by atoms with Gasteiger partial charge in [-0.15, -0.1) is 0 Å². The maximum Gasteiger partial charge on any atom is 0.458 e. The fourth-order valence-electron chi connectivity index (χ4n) is 3.23. The van der Waals surface area contributed by atoms with Gasteiger partial charge in [-0.25, -0.2) is 0 Å². The molecule has 0 radical (unpaired) electrons. The first-order chi connectivity index (χ1) is 11.9. The lowest BCUT2D eigenvalue weighted by Crippen LogP contribution is -2.37. The van der Waals surface area contributed by atoms with Crippen LogP contribution in [-0.2, 0) is 33.8 Å². The van der Waals surface area contributed by atoms with Crippen LogP contribution < -0.4 is 11.5 Å². The van der Waals surface area contributed by atoms with E-state index in [1.54, 1.807) is 6.20 Å². The Bertz CT molecular complexity index is 626. The molecule has 25 heavy (non-hydrogen) atoms. The summed E-state index contributed by atoms with van der Waals surface area (Å²) in [6.07, 6.45) is 3.53. The molecule has 0 spiro atoms. The zero-order chi connectivity index (χ0) is 18.4. The predicted octanol–water partition coefficient (Wildman–Crippen LogP) is 0.510. The zero-order valence-corrected chi connectivity index (χ0v) is 14.6. The first-order valence-electron chi connectivity index (χ1n) is 8.64. The highest BCUT2D eigenvalue weighted by atomic mass is 16.5. The molecule has 1 aliphatic rings. The Morgan fingerprint density at radius 2 is 2.08 bits per heavy atom. The van der Waals surface area contributed by atoms with Crippen LogP contribution in [0, 0.1) is 0 Å². The minimum Gasteiger partial charge on any atom is -0.427 e. The molecule has 8 heteroatoms. The number of ketones is 2. The van der Waals surface area contributed by atoms with Gasteiger partial charge in [0, 0.05) is 50.5 Å². The molecule has 0 aliphatic carbocycles. The lowest BCUT2D eigenvalue weighted by atomic mass is 9.64. The van der Waals surface area contributed by atoms with Crippen LogP contribution in [0.5, 0.6) is 0 Å². The molecule has 7 nitrogen and oxygen atoms in total. The summed E-state index contributed by atoms with van der Waals surface area (Å²) in [5, 5.41) is 10.1. The van der Waals surface area contributed by atoms with Gasteiger partial charge in [0.15, 0.2) is 0 Å². The quantitative estimate of drug-likeness (QED) is 0.584. The van der Waals surface area contributed by atoms with Crippen LogP contribution in [0.15, 0.2) is 12.3 Å². The molecule has 0 unspecified atom stereocenters. The lowest BCUT2D eigenvalue weighted by Gasteiger charge is -2.30. The van der Waals surface area contributed by atoms with Gasteiger partial charge in [0.1, 0.15) is 11.6 Å². The number of nitrogens with zero attached hydrogens (tertiary/aromatic N) is 1. The van der Waals surface area contributed by atoms with Gasteiger partial charge in [-0.1, -0.05) is 6.07 Å². The smallest absolute Gasteiger partial charge is 0.427 e. The molecule has 0 bridgehead atoms. The Kier molecular flexibility index (Phi) is 7.25. The fraction of sp³-hybridized carbons (Fsp3) is 0.588. The van der Waals surface area contributed by atoms with Crippen LogP contribution in [0.2, 0.25) is 5.82 Å². The van der Waals surface area contributed by atoms with Crippen molar-refractivity contribution in [3.63, 3.8) is 0 Å². The van der Waals surface area contributed by atoms with Gasteiger partial charge in [0.2, 0.25) is 0 Å². The van der Waals surface area contributed by atoms with Crippen LogP contribution in [-0.4, -0.2) is 34.8 Å². The SMILES string of the molecule is CC(=O)C[C@@H]1CC[C@H](CC(=O)Cc2cnc(CN)c(CN)c2)B(O)O1. The first-order valence-corrected chi connectivity index (χ1v) is 8.64. The standard InChI is InChI=1S/C17H26BN3O4/c1-11(22)4-16-3-2-14(18(24)25-16)7-15(23)6-12-5-13(8-19)17(9-20)21-10-12/h5,10,14,16,24H,2-4,6-9,19-20H2,1H3/t14-,16+/m1/s1. The van der Waals surface area contributed by atoms with Gasteiger partial charge in [-0.2, -0.15) is 0 Å². The molecule has 1 aromatic heterocycles. The maximum absolute atomic E-state index is 12.3. The van der Waals surface area contributed by atoms with Crippen molar-refractivity contribution >= 4 is 18.7 Å². The number of carbonyl (C=O) groups excluding carboxylic acids is 2. The fourth-order valence-corrected chi connectivity index (χ4v) is 3.23. The summed E-state index contributed by atoms with van der Waals surface area (Å²) in [6.45, 7) is 2.15. The van der Waals surface area contributed by atoms with Crippen LogP contribution >= 0.6 is 0 Å². The summed E-state index contributed by atoms with van der Waals surface area (Å²) in [4.78, 5) is 27.7. The Morgan fingerprint density at radius 3 is 2.68 bits per heavy atom. The molecule has 0 aromatic carbocycles. The summed E-state index contributed by atoms with van der Waals surface area (Å²) < 4.78 is 5.47. The average Bonchev–Trinajstić information content (AvgIpc) is 2.56. The third-order valence-corrected chi connectivity index (χ3v) is 4.53. The molecule has 1 fully saturated rings. The number of Topliss-reactive ketones (excluding diaryl/α,β-unsaturated/α-hetero) is 2. The van der Waals surface area contributed by atoms with E-state index < -0.39 is 7.12 Å². The highest BCUT2D eigenvalue weighted by molar-refractivity contribution is 6.45. The summed E-state index contributed by atoms with van der Waals surface area (Å²) in [5.74, 6) is -0.181. The van der Waals surface area contributed by atoms with Crippen LogP contribution in [0.1, 0.15) is 49.4 Å². The topological polar surface area (TPSA) is 129 Å². The zero-order valence-electron chi connectivity index (χ0n) is 14.6. The number of carbonyl (C=O) groups is 2. The van der Waals surface area contributed by atoms with Crippen molar-refractivity contribution in [3.05, 3.63) is 29.1 Å². The van der Waals surface area contributed by atoms with Crippen molar-refractivity contribution < 1.29 is 19.3 Å². The van der Waals surface area contributed by atoms with E-state index in [9.17, 15) is 14.6 Å². The minimum absolute atomic E-state index is 0.0166. The highest BCUT2D eigenvalue weighted by Crippen LogP contribution is 2.31. The van der Waals surface area contributed by atoms with Crippen molar-refractivity contribution in [1.82, 2.24) is 4.98 Å². The van der Waals surface area contributed by atoms with Gasteiger partial charge in [-0.3, -0.25) is 14.6 Å². The van der Waals surface area contributed by atoms with Crippen molar-refractivity contribution in [2.24, 2.45) is 11.5 Å². The Labute approximate surface area is 148 Å². The molecular formula is C17H26BN3O4. The molecule has 2 atom stereocenters. The summed E-state index contributed by atoms with van der Waals surface area (Å²) >= 11 is 0. The van der Waals surface area contributed by atoms with Gasteiger partial charge < -0.3 is 21.1 Å². The maximum atomic E-state index is 12.3. The van der Waals surface area contributed by atoms with Crippen molar-refractivity contribution in [2.45, 2.75) is 64.0 Å². The summed E-state index contributed by atoms with van der Waals surface area (Å²) in [7, 11) is -1.00. The predicted molar refractivity (Wildman–Crippen MR) is 94.5 cm³/mol. The van der Waals surface area contributed by atoms with E-state index in [1.165, 1.54) is 6.92 Å². The van der Waals surface area contributed by atoms with Crippen LogP contribution in [0.3, 0.4) is 0 Å². The normalized spacial score (nSPS) is 20.6. The molecular weight excluding hydrogens is 321 g/mol. The minimum atomic E-state index is -1.00. The molecule has 2 heterocycles. The molecule has 1 aliphatic heterocycles. The molecule has 1 saturated heterocycles. The third-order valence-electron chi connectivity index (χ3n) is 4.53. The van der Waals surface area contributed by atoms with Crippen LogP contribution in [0.4, 0.5) is 0 Å². The molecule has 0 amide bonds. The average molecular weight is 347 g/mol. The second-order valence-corrected chi connectivity index (χ2v) is 6.67. The number of hydrogen-bond donors (Lipinski definition) is 3. The number of nitrogens with two attached hydrogens (primary N) is 2. The van der Waals surface area contributed by atoms with Gasteiger partial charge in [0.05, 0.1) is 5.69 Å². The Hall–Kier alpha value is -1.61. The van der Waals surface area contributed by atoms with E-state index in [-0.39, 0.29) is 36.3 Å². The van der Waals surface area contributed by atoms with E-state index in [1.807, 2.05) is 6.07 Å². The van der Waals surface area contributed by atoms with Gasteiger partial charge in [0.25, 0.3) is 0 Å². The van der Waals surface area contributed by atoms with Crippen molar-refractivity contribution in [1.29, 1.82) is 0 Å². The number of pyridine rings is 1. The third kappa shape index (κ3) is 5.71. The van der Waals surface area contributed by atoms with E-state index in [0.717, 1.165) is 16.8 Å². The number of aromatic nitrogens is 1. The first kappa shape index (κ1) is 19.7. The van der Waals surface area contributed by atoms with E-state index in [4.69, 9.17) is 16.1 Å². The van der Waals surface area contributed by atoms with E-state index >= 15 is 0 Å². The molecule has 1 aromatic rings. The molecule has 0 saturated carbocycles. The summed E-state index contributed by atoms with van der Waals surface area (Å²) in [6, 6.07) is 1.86. The van der Waals surface area contributed by atoms with E-state index in [0.29, 0.717) is 32.4 Å². The van der Waals surface area contributed by atoms with Gasteiger partial charge >= 0.3 is 7.12 Å². The van der Waals surface area contributed by atoms with Crippen molar-refractivity contribution in [2.75, 3.05) is 0 Å². The van der Waals surface area contributed by atoms with Crippen LogP contribution in [0.25, 0.3) is 0 Å². The second-order valence-electron chi connectivity index (χ2n) is 6.67. The molecule has 2 rings (SSSR count). The monoisotopic (exact) mass is 347 g/mol. The highest BCUT2D eigenvalue weighted by Gasteiger charge is 2.36. The lowest BCUT2D eigenvalue weighted by molar-refractivity contribution is -0.120. The largest absolute Gasteiger partial charge is 0.458 e. The van der Waals surface area contributed by atoms with Crippen molar-refractivity contribution in [3.8, 4) is 0 Å². The Balaban J connectivity index is 1.89. The van der Waals surface area contributed by atoms with E-state index in [2.05, 4.69) is 4.98 Å². The molecule has 5 N–H and O–H groups in total. The number of rotatable bonds is 8. The molecule has 136 valence electrons.